The molecule has 2 aliphatic heterocycles. The first-order valence-corrected chi connectivity index (χ1v) is 14.1. The Balaban J connectivity index is 1.12. The zero-order valence-corrected chi connectivity index (χ0v) is 23.3. The molecule has 2 atom stereocenters. The number of cyclic esters (lactones) is 1. The number of hydrogen-bond acceptors (Lipinski definition) is 8. The molecular formula is C29H30F2N6O6. The number of carbonyl (C=O) groups excluding carboxylic acids is 2. The normalized spacial score (nSPS) is 20.0. The second kappa shape index (κ2) is 11.2. The number of ether oxygens (including phenoxy) is 1. The van der Waals surface area contributed by atoms with Crippen molar-refractivity contribution in [3.63, 3.8) is 0 Å². The lowest BCUT2D eigenvalue weighted by Crippen LogP contribution is -2.33. The van der Waals surface area contributed by atoms with E-state index in [-0.39, 0.29) is 48.0 Å². The third kappa shape index (κ3) is 5.68. The smallest absolute Gasteiger partial charge is 0.414 e. The number of nitrogens with one attached hydrogen (secondary N) is 2. The fraction of sp³-hybridized carbons (Fsp3) is 0.414. The minimum atomic E-state index is -1.36. The van der Waals surface area contributed by atoms with Crippen molar-refractivity contribution in [2.24, 2.45) is 5.92 Å². The summed E-state index contributed by atoms with van der Waals surface area (Å²) >= 11 is 0. The van der Waals surface area contributed by atoms with Crippen molar-refractivity contribution in [1.82, 2.24) is 14.7 Å². The predicted octanol–water partition coefficient (Wildman–Crippen LogP) is 2.95. The minimum Gasteiger partial charge on any atom is -0.477 e. The van der Waals surface area contributed by atoms with E-state index in [1.165, 1.54) is 24.0 Å². The SMILES string of the molecule is CC(=O)NCC1CN(c2ccc(NCC3CCN(c4nc5c(C6CC6)cc(C(=O)O)c(=O)n5cc4F)C3)c(F)c2)C(=O)O1. The number of aromatic nitrogens is 2. The van der Waals surface area contributed by atoms with Crippen LogP contribution in [0.1, 0.15) is 48.0 Å². The summed E-state index contributed by atoms with van der Waals surface area (Å²) < 4.78 is 36.4. The Morgan fingerprint density at radius 1 is 1.09 bits per heavy atom. The Morgan fingerprint density at radius 3 is 2.58 bits per heavy atom. The topological polar surface area (TPSA) is 146 Å². The number of hydrogen-bond donors (Lipinski definition) is 3. The summed E-state index contributed by atoms with van der Waals surface area (Å²) in [7, 11) is 0. The van der Waals surface area contributed by atoms with Crippen LogP contribution in [0.3, 0.4) is 0 Å². The van der Waals surface area contributed by atoms with Crippen molar-refractivity contribution in [3.8, 4) is 0 Å². The quantitative estimate of drug-likeness (QED) is 0.339. The van der Waals surface area contributed by atoms with Crippen molar-refractivity contribution in [1.29, 1.82) is 0 Å². The van der Waals surface area contributed by atoms with E-state index < -0.39 is 40.9 Å². The summed E-state index contributed by atoms with van der Waals surface area (Å²) in [5.41, 5.74) is 0.243. The molecule has 12 nitrogen and oxygen atoms in total. The molecule has 2 unspecified atom stereocenters. The lowest BCUT2D eigenvalue weighted by molar-refractivity contribution is -0.119. The van der Waals surface area contributed by atoms with E-state index >= 15 is 4.39 Å². The zero-order chi connectivity index (χ0) is 30.4. The molecule has 0 radical (unpaired) electrons. The average molecular weight is 597 g/mol. The van der Waals surface area contributed by atoms with Gasteiger partial charge in [-0.1, -0.05) is 0 Å². The first kappa shape index (κ1) is 28.4. The van der Waals surface area contributed by atoms with Crippen molar-refractivity contribution < 1.29 is 33.0 Å². The van der Waals surface area contributed by atoms with Gasteiger partial charge in [0.15, 0.2) is 11.6 Å². The van der Waals surface area contributed by atoms with Crippen molar-refractivity contribution >= 4 is 40.8 Å². The maximum Gasteiger partial charge on any atom is 0.414 e. The highest BCUT2D eigenvalue weighted by Gasteiger charge is 2.34. The fourth-order valence-corrected chi connectivity index (χ4v) is 5.64. The number of halogens is 2. The van der Waals surface area contributed by atoms with Crippen LogP contribution in [-0.2, 0) is 9.53 Å². The van der Waals surface area contributed by atoms with Gasteiger partial charge in [-0.3, -0.25) is 18.9 Å². The maximum absolute atomic E-state index is 15.2. The maximum atomic E-state index is 15.2. The van der Waals surface area contributed by atoms with Gasteiger partial charge in [-0.2, -0.15) is 0 Å². The zero-order valence-electron chi connectivity index (χ0n) is 23.3. The number of nitrogens with zero attached hydrogens (tertiary/aromatic N) is 4. The standard InChI is InChI=1S/C29H30F2N6O6/c1-15(38)32-11-19-13-36(29(42)43-19)18-4-5-24(22(30)8-18)33-10-16-6-7-35(12-16)26-23(31)14-37-25(34-26)20(17-2-3-17)9-21(27(37)39)28(40)41/h4-5,8-9,14,16-17,19,33H,2-3,6-7,10-13H2,1H3,(H,32,38)(H,40,41). The summed E-state index contributed by atoms with van der Waals surface area (Å²) in [6.07, 6.45) is 2.24. The van der Waals surface area contributed by atoms with Crippen LogP contribution in [-0.4, -0.2) is 71.3 Å². The molecule has 1 saturated carbocycles. The van der Waals surface area contributed by atoms with Crippen molar-refractivity contribution in [2.45, 2.75) is 38.2 Å². The summed E-state index contributed by atoms with van der Waals surface area (Å²) in [4.78, 5) is 55.3. The predicted molar refractivity (Wildman–Crippen MR) is 152 cm³/mol. The second-order valence-corrected chi connectivity index (χ2v) is 11.2. The number of benzene rings is 1. The number of fused-ring (bicyclic) bond motifs is 1. The second-order valence-electron chi connectivity index (χ2n) is 11.2. The highest BCUT2D eigenvalue weighted by atomic mass is 19.1. The number of pyridine rings is 1. The van der Waals surface area contributed by atoms with Gasteiger partial charge in [0.05, 0.1) is 30.7 Å². The molecule has 4 heterocycles. The molecule has 6 rings (SSSR count). The Kier molecular flexibility index (Phi) is 7.36. The molecule has 3 aromatic rings. The van der Waals surface area contributed by atoms with Gasteiger partial charge in [0.1, 0.15) is 23.1 Å². The fourth-order valence-electron chi connectivity index (χ4n) is 5.64. The first-order valence-electron chi connectivity index (χ1n) is 14.1. The van der Waals surface area contributed by atoms with Crippen LogP contribution in [0.5, 0.6) is 0 Å². The molecule has 226 valence electrons. The van der Waals surface area contributed by atoms with Gasteiger partial charge in [-0.25, -0.2) is 23.4 Å². The molecule has 1 aliphatic carbocycles. The van der Waals surface area contributed by atoms with Gasteiger partial charge >= 0.3 is 12.1 Å². The van der Waals surface area contributed by atoms with Gasteiger partial charge in [0.2, 0.25) is 5.91 Å². The van der Waals surface area contributed by atoms with Crippen molar-refractivity contribution in [2.75, 3.05) is 47.8 Å². The van der Waals surface area contributed by atoms with Crippen LogP contribution in [0, 0.1) is 17.6 Å². The molecule has 2 saturated heterocycles. The van der Waals surface area contributed by atoms with Crippen LogP contribution in [0.15, 0.2) is 35.3 Å². The molecule has 43 heavy (non-hydrogen) atoms. The van der Waals surface area contributed by atoms with Crippen LogP contribution in [0.4, 0.5) is 30.8 Å². The van der Waals surface area contributed by atoms with Crippen LogP contribution in [0.2, 0.25) is 0 Å². The number of carboxylic acid groups (broad SMARTS) is 1. The molecule has 2 aromatic heterocycles. The first-order chi connectivity index (χ1) is 20.6. The number of amides is 2. The van der Waals surface area contributed by atoms with E-state index in [0.717, 1.165) is 23.4 Å². The van der Waals surface area contributed by atoms with Gasteiger partial charge < -0.3 is 25.4 Å². The summed E-state index contributed by atoms with van der Waals surface area (Å²) in [6.45, 7) is 3.06. The summed E-state index contributed by atoms with van der Waals surface area (Å²) in [5, 5.41) is 15.1. The van der Waals surface area contributed by atoms with E-state index in [4.69, 9.17) is 4.74 Å². The third-order valence-corrected chi connectivity index (χ3v) is 8.03. The van der Waals surface area contributed by atoms with E-state index in [0.29, 0.717) is 37.3 Å². The Morgan fingerprint density at radius 2 is 1.88 bits per heavy atom. The Bertz CT molecular complexity index is 1690. The Labute approximate surface area is 244 Å². The molecule has 3 fully saturated rings. The average Bonchev–Trinajstić information content (AvgIpc) is 3.58. The minimum absolute atomic E-state index is 0.0408. The summed E-state index contributed by atoms with van der Waals surface area (Å²) in [5.74, 6) is -2.66. The molecule has 0 bridgehead atoms. The molecule has 14 heteroatoms. The highest BCUT2D eigenvalue weighted by molar-refractivity contribution is 5.90. The van der Waals surface area contributed by atoms with E-state index in [1.54, 1.807) is 17.0 Å². The Hall–Kier alpha value is -4.75. The monoisotopic (exact) mass is 596 g/mol. The molecule has 2 amide bonds. The van der Waals surface area contributed by atoms with Gasteiger partial charge in [0, 0.05) is 26.6 Å². The highest BCUT2D eigenvalue weighted by Crippen LogP contribution is 2.42. The molecular weight excluding hydrogens is 566 g/mol. The van der Waals surface area contributed by atoms with Gasteiger partial charge in [-0.05, 0) is 60.9 Å². The third-order valence-electron chi connectivity index (χ3n) is 8.03. The number of rotatable bonds is 9. The van der Waals surface area contributed by atoms with Gasteiger partial charge in [0.25, 0.3) is 5.56 Å². The summed E-state index contributed by atoms with van der Waals surface area (Å²) in [6, 6.07) is 5.76. The lowest BCUT2D eigenvalue weighted by Gasteiger charge is -2.20. The number of carboxylic acids is 1. The molecule has 3 N–H and O–H groups in total. The molecule has 3 aliphatic rings. The van der Waals surface area contributed by atoms with Crippen LogP contribution in [0.25, 0.3) is 5.65 Å². The van der Waals surface area contributed by atoms with Crippen LogP contribution >= 0.6 is 0 Å². The van der Waals surface area contributed by atoms with E-state index in [1.807, 2.05) is 0 Å². The van der Waals surface area contributed by atoms with E-state index in [2.05, 4.69) is 15.6 Å². The number of carbonyl (C=O) groups is 3. The van der Waals surface area contributed by atoms with Gasteiger partial charge in [-0.15, -0.1) is 0 Å². The largest absolute Gasteiger partial charge is 0.477 e. The lowest BCUT2D eigenvalue weighted by atomic mass is 10.1. The van der Waals surface area contributed by atoms with E-state index in [9.17, 15) is 28.7 Å². The number of anilines is 3. The van der Waals surface area contributed by atoms with Crippen molar-refractivity contribution in [3.05, 3.63) is 63.6 Å². The number of aromatic carboxylic acids is 1. The molecule has 1 aromatic carbocycles. The molecule has 0 spiro atoms. The van der Waals surface area contributed by atoms with Crippen LogP contribution < -0.4 is 26.0 Å².